The van der Waals surface area contributed by atoms with Gasteiger partial charge in [0.1, 0.15) is 11.9 Å². The maximum Gasteiger partial charge on any atom is 0.320 e. The van der Waals surface area contributed by atoms with Gasteiger partial charge in [0.15, 0.2) is 0 Å². The second-order valence-electron chi connectivity index (χ2n) is 4.41. The minimum absolute atomic E-state index is 0.358. The summed E-state index contributed by atoms with van der Waals surface area (Å²) in [7, 11) is 0. The van der Waals surface area contributed by atoms with Crippen molar-refractivity contribution in [3.8, 4) is 0 Å². The molecule has 0 aliphatic carbocycles. The van der Waals surface area contributed by atoms with Gasteiger partial charge in [-0.05, 0) is 13.3 Å². The largest absolute Gasteiger partial charge is 0.480 e. The number of aliphatic carboxylic acids is 1. The molecule has 18 heavy (non-hydrogen) atoms. The quantitative estimate of drug-likeness (QED) is 0.874. The number of carboxylic acid groups (broad SMARTS) is 1. The Bertz CT molecular complexity index is 415. The van der Waals surface area contributed by atoms with Crippen molar-refractivity contribution < 1.29 is 9.90 Å². The molecular formula is C11H18N4O2S. The van der Waals surface area contributed by atoms with E-state index < -0.39 is 5.97 Å². The van der Waals surface area contributed by atoms with Gasteiger partial charge in [-0.2, -0.15) is 4.37 Å². The average molecular weight is 270 g/mol. The highest BCUT2D eigenvalue weighted by molar-refractivity contribution is 7.09. The van der Waals surface area contributed by atoms with Crippen LogP contribution in [0.15, 0.2) is 0 Å². The van der Waals surface area contributed by atoms with Gasteiger partial charge in [0.05, 0.1) is 0 Å². The zero-order chi connectivity index (χ0) is 13.1. The Labute approximate surface area is 110 Å². The van der Waals surface area contributed by atoms with E-state index in [-0.39, 0.29) is 6.04 Å². The normalized spacial score (nSPS) is 18.9. The van der Waals surface area contributed by atoms with Crippen molar-refractivity contribution >= 4 is 22.6 Å². The molecule has 1 aromatic heterocycles. The summed E-state index contributed by atoms with van der Waals surface area (Å²) in [6.07, 6.45) is 0.646. The first-order chi connectivity index (χ1) is 8.61. The lowest BCUT2D eigenvalue weighted by atomic mass is 10.1. The molecule has 0 aromatic carbocycles. The lowest BCUT2D eigenvalue weighted by Gasteiger charge is -2.37. The van der Waals surface area contributed by atoms with Gasteiger partial charge in [-0.15, -0.1) is 0 Å². The number of carbonyl (C=O) groups is 1. The Kier molecular flexibility index (Phi) is 4.13. The fourth-order valence-corrected chi connectivity index (χ4v) is 2.95. The number of aryl methyl sites for hydroxylation is 1. The smallest absolute Gasteiger partial charge is 0.320 e. The maximum atomic E-state index is 11.1. The van der Waals surface area contributed by atoms with Gasteiger partial charge in [0.2, 0.25) is 5.13 Å². The molecule has 0 saturated carbocycles. The molecule has 1 aliphatic rings. The van der Waals surface area contributed by atoms with Crippen LogP contribution in [-0.2, 0) is 4.79 Å². The maximum absolute atomic E-state index is 11.1. The zero-order valence-corrected chi connectivity index (χ0v) is 11.5. The van der Waals surface area contributed by atoms with E-state index in [9.17, 15) is 4.79 Å². The molecule has 100 valence electrons. The topological polar surface area (TPSA) is 69.6 Å². The van der Waals surface area contributed by atoms with Crippen LogP contribution in [0.4, 0.5) is 5.13 Å². The molecule has 6 nitrogen and oxygen atoms in total. The number of hydrogen-bond donors (Lipinski definition) is 1. The molecule has 1 fully saturated rings. The van der Waals surface area contributed by atoms with E-state index in [4.69, 9.17) is 5.11 Å². The Morgan fingerprint density at radius 2 is 2.11 bits per heavy atom. The lowest BCUT2D eigenvalue weighted by molar-refractivity contribution is -0.143. The van der Waals surface area contributed by atoms with Crippen LogP contribution in [-0.4, -0.2) is 57.6 Å². The number of anilines is 1. The summed E-state index contributed by atoms with van der Waals surface area (Å²) in [6.45, 7) is 6.97. The number of piperazine rings is 1. The lowest BCUT2D eigenvalue weighted by Crippen LogP contribution is -2.52. The van der Waals surface area contributed by atoms with Crippen LogP contribution >= 0.6 is 11.5 Å². The third-order valence-corrected chi connectivity index (χ3v) is 4.08. The molecule has 1 atom stereocenters. The molecule has 0 amide bonds. The van der Waals surface area contributed by atoms with Crippen molar-refractivity contribution in [3.05, 3.63) is 5.82 Å². The van der Waals surface area contributed by atoms with Crippen molar-refractivity contribution in [1.29, 1.82) is 0 Å². The molecular weight excluding hydrogens is 252 g/mol. The minimum atomic E-state index is -0.724. The Morgan fingerprint density at radius 1 is 1.44 bits per heavy atom. The van der Waals surface area contributed by atoms with Gasteiger partial charge in [0.25, 0.3) is 0 Å². The van der Waals surface area contributed by atoms with Gasteiger partial charge in [0, 0.05) is 37.7 Å². The van der Waals surface area contributed by atoms with Crippen LogP contribution in [0.2, 0.25) is 0 Å². The van der Waals surface area contributed by atoms with E-state index in [1.807, 2.05) is 18.7 Å². The second-order valence-corrected chi connectivity index (χ2v) is 5.14. The highest BCUT2D eigenvalue weighted by atomic mass is 32.1. The summed E-state index contributed by atoms with van der Waals surface area (Å²) in [4.78, 5) is 19.7. The fourth-order valence-electron chi connectivity index (χ4n) is 2.23. The molecule has 2 rings (SSSR count). The van der Waals surface area contributed by atoms with Crippen LogP contribution in [0.1, 0.15) is 19.2 Å². The predicted molar refractivity (Wildman–Crippen MR) is 70.1 cm³/mol. The van der Waals surface area contributed by atoms with Crippen molar-refractivity contribution in [3.63, 3.8) is 0 Å². The third kappa shape index (κ3) is 2.78. The standard InChI is InChI=1S/C11H18N4O2S/c1-3-9(10(16)17)14-4-6-15(7-5-14)11-12-8(2)13-18-11/h9H,3-7H2,1-2H3,(H,16,17)/t9-/m0/s1. The molecule has 2 heterocycles. The molecule has 1 N–H and O–H groups in total. The first-order valence-electron chi connectivity index (χ1n) is 6.14. The summed E-state index contributed by atoms with van der Waals surface area (Å²) < 4.78 is 4.17. The Hall–Kier alpha value is -1.21. The van der Waals surface area contributed by atoms with Crippen LogP contribution in [0.3, 0.4) is 0 Å². The molecule has 0 spiro atoms. The zero-order valence-electron chi connectivity index (χ0n) is 10.7. The van der Waals surface area contributed by atoms with Gasteiger partial charge >= 0.3 is 5.97 Å². The van der Waals surface area contributed by atoms with Crippen LogP contribution in [0, 0.1) is 6.92 Å². The highest BCUT2D eigenvalue weighted by Gasteiger charge is 2.28. The predicted octanol–water partition coefficient (Wildman–Crippen LogP) is 0.832. The Balaban J connectivity index is 1.93. The Morgan fingerprint density at radius 3 is 2.56 bits per heavy atom. The van der Waals surface area contributed by atoms with E-state index >= 15 is 0 Å². The first-order valence-corrected chi connectivity index (χ1v) is 6.91. The van der Waals surface area contributed by atoms with Gasteiger partial charge in [-0.25, -0.2) is 4.98 Å². The molecule has 7 heteroatoms. The molecule has 0 unspecified atom stereocenters. The molecule has 0 radical (unpaired) electrons. The third-order valence-electron chi connectivity index (χ3n) is 3.21. The number of aromatic nitrogens is 2. The number of nitrogens with zero attached hydrogens (tertiary/aromatic N) is 4. The van der Waals surface area contributed by atoms with Gasteiger partial charge in [-0.1, -0.05) is 6.92 Å². The fraction of sp³-hybridized carbons (Fsp3) is 0.727. The monoisotopic (exact) mass is 270 g/mol. The molecule has 1 aromatic rings. The van der Waals surface area contributed by atoms with Crippen LogP contribution in [0.5, 0.6) is 0 Å². The average Bonchev–Trinajstić information content (AvgIpc) is 2.77. The summed E-state index contributed by atoms with van der Waals surface area (Å²) in [5.74, 6) is 0.0760. The van der Waals surface area contributed by atoms with Crippen LogP contribution in [0.25, 0.3) is 0 Å². The summed E-state index contributed by atoms with van der Waals surface area (Å²) >= 11 is 1.41. The van der Waals surface area contributed by atoms with Crippen molar-refractivity contribution in [1.82, 2.24) is 14.3 Å². The minimum Gasteiger partial charge on any atom is -0.480 e. The van der Waals surface area contributed by atoms with Crippen molar-refractivity contribution in [2.75, 3.05) is 31.1 Å². The van der Waals surface area contributed by atoms with Crippen molar-refractivity contribution in [2.45, 2.75) is 26.3 Å². The SMILES string of the molecule is CC[C@@H](C(=O)O)N1CCN(c2nc(C)ns2)CC1. The van der Waals surface area contributed by atoms with E-state index in [2.05, 4.69) is 14.3 Å². The van der Waals surface area contributed by atoms with Gasteiger partial charge in [-0.3, -0.25) is 9.69 Å². The summed E-state index contributed by atoms with van der Waals surface area (Å²) in [5.41, 5.74) is 0. The number of hydrogen-bond acceptors (Lipinski definition) is 6. The van der Waals surface area contributed by atoms with E-state index in [1.54, 1.807) is 0 Å². The summed E-state index contributed by atoms with van der Waals surface area (Å²) in [6, 6.07) is -0.358. The van der Waals surface area contributed by atoms with Crippen LogP contribution < -0.4 is 4.90 Å². The summed E-state index contributed by atoms with van der Waals surface area (Å²) in [5, 5.41) is 10.1. The molecule has 1 saturated heterocycles. The number of carboxylic acids is 1. The van der Waals surface area contributed by atoms with Gasteiger partial charge < -0.3 is 10.0 Å². The van der Waals surface area contributed by atoms with Crippen molar-refractivity contribution in [2.24, 2.45) is 0 Å². The first kappa shape index (κ1) is 13.2. The highest BCUT2D eigenvalue weighted by Crippen LogP contribution is 2.19. The molecule has 0 bridgehead atoms. The van der Waals surface area contributed by atoms with E-state index in [1.165, 1.54) is 11.5 Å². The molecule has 1 aliphatic heterocycles. The van der Waals surface area contributed by atoms with E-state index in [0.717, 1.165) is 37.1 Å². The van der Waals surface area contributed by atoms with E-state index in [0.29, 0.717) is 6.42 Å². The number of rotatable bonds is 4. The second kappa shape index (κ2) is 5.62.